The Morgan fingerprint density at radius 3 is 2.44 bits per heavy atom. The summed E-state index contributed by atoms with van der Waals surface area (Å²) in [4.78, 5) is 12.7. The van der Waals surface area contributed by atoms with Crippen LogP contribution in [0.5, 0.6) is 40.2 Å². The van der Waals surface area contributed by atoms with E-state index in [2.05, 4.69) is 0 Å². The lowest BCUT2D eigenvalue weighted by Gasteiger charge is -2.34. The van der Waals surface area contributed by atoms with Gasteiger partial charge in [-0.05, 0) is 30.3 Å². The van der Waals surface area contributed by atoms with Gasteiger partial charge in [0, 0.05) is 30.4 Å². The predicted molar refractivity (Wildman–Crippen MR) is 127 cm³/mol. The van der Waals surface area contributed by atoms with Crippen LogP contribution in [0.2, 0.25) is 0 Å². The van der Waals surface area contributed by atoms with Crippen molar-refractivity contribution in [2.24, 2.45) is 0 Å². The summed E-state index contributed by atoms with van der Waals surface area (Å²) in [5.41, 5.74) is -0.0000245. The zero-order valence-corrected chi connectivity index (χ0v) is 19.2. The Morgan fingerprint density at radius 2 is 1.69 bits per heavy atom. The van der Waals surface area contributed by atoms with Crippen molar-refractivity contribution in [3.63, 3.8) is 0 Å². The normalized spacial score (nSPS) is 16.7. The van der Waals surface area contributed by atoms with Gasteiger partial charge in [0.25, 0.3) is 0 Å². The van der Waals surface area contributed by atoms with Crippen LogP contribution in [0.4, 0.5) is 0 Å². The van der Waals surface area contributed by atoms with E-state index in [0.29, 0.717) is 22.6 Å². The Kier molecular flexibility index (Phi) is 5.73. The number of aromatic hydroxyl groups is 4. The molecule has 0 saturated heterocycles. The number of phenols is 3. The van der Waals surface area contributed by atoms with Crippen molar-refractivity contribution in [2.45, 2.75) is 12.2 Å². The molecule has 0 saturated carbocycles. The number of benzene rings is 3. The predicted octanol–water partition coefficient (Wildman–Crippen LogP) is 3.82. The molecule has 36 heavy (non-hydrogen) atoms. The standard InChI is InChI=1S/C26H22O10/c1-32-11-21-25(12-3-5-15(28)18(7-12)33-2)35-19-8-13(4-6-17(19)34-21)26-24(31)23(30)22-16(29)9-14(27)10-20(22)36-26/h3-10,21,25,27-29,31H,11H2,1-2H3. The molecule has 0 aliphatic carbocycles. The fourth-order valence-corrected chi connectivity index (χ4v) is 4.19. The Morgan fingerprint density at radius 1 is 0.889 bits per heavy atom. The van der Waals surface area contributed by atoms with E-state index in [1.807, 2.05) is 0 Å². The average Bonchev–Trinajstić information content (AvgIpc) is 2.85. The molecular formula is C26H22O10. The van der Waals surface area contributed by atoms with E-state index < -0.39 is 29.1 Å². The lowest BCUT2D eigenvalue weighted by Crippen LogP contribution is -2.36. The summed E-state index contributed by atoms with van der Waals surface area (Å²) >= 11 is 0. The Hall–Kier alpha value is -4.57. The molecule has 186 valence electrons. The van der Waals surface area contributed by atoms with Gasteiger partial charge < -0.3 is 43.8 Å². The maximum Gasteiger partial charge on any atom is 0.238 e. The van der Waals surface area contributed by atoms with E-state index in [-0.39, 0.29) is 40.6 Å². The third-order valence-corrected chi connectivity index (χ3v) is 5.87. The smallest absolute Gasteiger partial charge is 0.238 e. The quantitative estimate of drug-likeness (QED) is 0.323. The van der Waals surface area contributed by atoms with Gasteiger partial charge >= 0.3 is 0 Å². The topological polar surface area (TPSA) is 148 Å². The van der Waals surface area contributed by atoms with Crippen LogP contribution in [0, 0.1) is 0 Å². The number of hydrogen-bond acceptors (Lipinski definition) is 10. The van der Waals surface area contributed by atoms with Crippen molar-refractivity contribution in [1.29, 1.82) is 0 Å². The summed E-state index contributed by atoms with van der Waals surface area (Å²) in [7, 11) is 2.98. The van der Waals surface area contributed by atoms with E-state index in [9.17, 15) is 25.2 Å². The lowest BCUT2D eigenvalue weighted by molar-refractivity contribution is -0.0239. The zero-order valence-electron chi connectivity index (χ0n) is 19.2. The Labute approximate surface area is 204 Å². The molecule has 0 radical (unpaired) electrons. The van der Waals surface area contributed by atoms with Crippen LogP contribution in [0.25, 0.3) is 22.3 Å². The van der Waals surface area contributed by atoms with E-state index in [1.54, 1.807) is 24.3 Å². The minimum Gasteiger partial charge on any atom is -0.508 e. The number of hydrogen-bond donors (Lipinski definition) is 4. The first-order valence-electron chi connectivity index (χ1n) is 10.9. The van der Waals surface area contributed by atoms with Crippen molar-refractivity contribution in [3.8, 4) is 51.6 Å². The molecule has 5 rings (SSSR count). The largest absolute Gasteiger partial charge is 0.508 e. The van der Waals surface area contributed by atoms with Gasteiger partial charge in [-0.1, -0.05) is 6.07 Å². The van der Waals surface area contributed by atoms with E-state index in [0.717, 1.165) is 6.07 Å². The molecule has 2 atom stereocenters. The molecular weight excluding hydrogens is 472 g/mol. The zero-order chi connectivity index (χ0) is 25.6. The van der Waals surface area contributed by atoms with Crippen molar-refractivity contribution in [2.75, 3.05) is 20.8 Å². The van der Waals surface area contributed by atoms with E-state index >= 15 is 0 Å². The molecule has 2 heterocycles. The van der Waals surface area contributed by atoms with Crippen molar-refractivity contribution in [3.05, 3.63) is 64.3 Å². The minimum atomic E-state index is -0.854. The molecule has 0 fully saturated rings. The van der Waals surface area contributed by atoms with Gasteiger partial charge in [-0.2, -0.15) is 0 Å². The molecule has 0 amide bonds. The van der Waals surface area contributed by atoms with Gasteiger partial charge in [0.15, 0.2) is 41.0 Å². The first-order chi connectivity index (χ1) is 17.3. The fourth-order valence-electron chi connectivity index (χ4n) is 4.19. The minimum absolute atomic E-state index is 0.0252. The summed E-state index contributed by atoms with van der Waals surface area (Å²) < 4.78 is 28.6. The highest BCUT2D eigenvalue weighted by Gasteiger charge is 2.34. The SMILES string of the molecule is COCC1Oc2ccc(-c3oc4cc(O)cc(O)c4c(=O)c3O)cc2OC1c1ccc(O)c(OC)c1. The van der Waals surface area contributed by atoms with Crippen molar-refractivity contribution in [1.82, 2.24) is 0 Å². The van der Waals surface area contributed by atoms with Crippen LogP contribution in [0.15, 0.2) is 57.7 Å². The second-order valence-corrected chi connectivity index (χ2v) is 8.19. The van der Waals surface area contributed by atoms with Gasteiger partial charge in [0.05, 0.1) is 13.7 Å². The second-order valence-electron chi connectivity index (χ2n) is 8.19. The van der Waals surface area contributed by atoms with Crippen molar-refractivity contribution >= 4 is 11.0 Å². The molecule has 0 bridgehead atoms. The highest BCUT2D eigenvalue weighted by Crippen LogP contribution is 2.44. The maximum absolute atomic E-state index is 12.7. The summed E-state index contributed by atoms with van der Waals surface area (Å²) in [6, 6.07) is 11.7. The van der Waals surface area contributed by atoms with Crippen LogP contribution in [-0.2, 0) is 4.74 Å². The molecule has 10 nitrogen and oxygen atoms in total. The summed E-state index contributed by atoms with van der Waals surface area (Å²) in [5, 5.41) is 40.1. The Bertz CT molecular complexity index is 1520. The molecule has 2 unspecified atom stereocenters. The van der Waals surface area contributed by atoms with Gasteiger partial charge in [-0.25, -0.2) is 0 Å². The monoisotopic (exact) mass is 494 g/mol. The van der Waals surface area contributed by atoms with Crippen LogP contribution in [0.3, 0.4) is 0 Å². The summed E-state index contributed by atoms with van der Waals surface area (Å²) in [5.74, 6) is -0.761. The van der Waals surface area contributed by atoms with Crippen LogP contribution in [-0.4, -0.2) is 47.4 Å². The van der Waals surface area contributed by atoms with Crippen LogP contribution in [0.1, 0.15) is 11.7 Å². The molecule has 1 aliphatic rings. The first kappa shape index (κ1) is 23.2. The van der Waals surface area contributed by atoms with Gasteiger partial charge in [0.2, 0.25) is 11.2 Å². The number of ether oxygens (including phenoxy) is 4. The molecule has 10 heteroatoms. The molecule has 1 aliphatic heterocycles. The fraction of sp³-hybridized carbons (Fsp3) is 0.192. The molecule has 4 N–H and O–H groups in total. The molecule has 4 aromatic rings. The lowest BCUT2D eigenvalue weighted by atomic mass is 10.0. The number of rotatable bonds is 5. The molecule has 1 aromatic heterocycles. The van der Waals surface area contributed by atoms with E-state index in [4.69, 9.17) is 23.4 Å². The highest BCUT2D eigenvalue weighted by atomic mass is 16.6. The third kappa shape index (κ3) is 3.87. The third-order valence-electron chi connectivity index (χ3n) is 5.87. The first-order valence-corrected chi connectivity index (χ1v) is 10.9. The van der Waals surface area contributed by atoms with Crippen LogP contribution < -0.4 is 19.6 Å². The number of phenolic OH excluding ortho intramolecular Hbond substituents is 3. The maximum atomic E-state index is 12.7. The van der Waals surface area contributed by atoms with Gasteiger partial charge in [-0.15, -0.1) is 0 Å². The average molecular weight is 494 g/mol. The van der Waals surface area contributed by atoms with Gasteiger partial charge in [0.1, 0.15) is 22.5 Å². The number of methoxy groups -OCH3 is 2. The molecule has 0 spiro atoms. The van der Waals surface area contributed by atoms with Crippen molar-refractivity contribution < 1.29 is 43.8 Å². The highest BCUT2D eigenvalue weighted by molar-refractivity contribution is 5.88. The second kappa shape index (κ2) is 8.90. The summed E-state index contributed by atoms with van der Waals surface area (Å²) in [6.45, 7) is 0.211. The Balaban J connectivity index is 1.59. The number of fused-ring (bicyclic) bond motifs is 2. The van der Waals surface area contributed by atoms with Gasteiger partial charge in [-0.3, -0.25) is 4.79 Å². The molecule has 3 aromatic carbocycles. The summed E-state index contributed by atoms with van der Waals surface area (Å²) in [6.07, 6.45) is -1.17. The van der Waals surface area contributed by atoms with Crippen LogP contribution >= 0.6 is 0 Å². The van der Waals surface area contributed by atoms with E-state index in [1.165, 1.54) is 32.4 Å².